The molecule has 0 fully saturated rings. The molecule has 0 unspecified atom stereocenters. The van der Waals surface area contributed by atoms with Gasteiger partial charge < -0.3 is 9.13 Å². The Morgan fingerprint density at radius 1 is 0.531 bits per heavy atom. The molecule has 2 aliphatic rings. The fraction of sp³-hybridized carbons (Fsp3) is 0.106. The molecule has 2 heteroatoms. The zero-order valence-corrected chi connectivity index (χ0v) is 27.7. The van der Waals surface area contributed by atoms with E-state index in [4.69, 9.17) is 0 Å². The summed E-state index contributed by atoms with van der Waals surface area (Å²) in [7, 11) is 0. The molecule has 0 radical (unpaired) electrons. The lowest BCUT2D eigenvalue weighted by molar-refractivity contribution is 0.607. The van der Waals surface area contributed by atoms with Gasteiger partial charge >= 0.3 is 0 Å². The summed E-state index contributed by atoms with van der Waals surface area (Å²) in [6.45, 7) is 4.84. The van der Waals surface area contributed by atoms with Gasteiger partial charge in [-0.25, -0.2) is 0 Å². The average molecular weight is 627 g/mol. The van der Waals surface area contributed by atoms with Crippen LogP contribution in [-0.2, 0) is 5.41 Å². The predicted molar refractivity (Wildman–Crippen MR) is 208 cm³/mol. The molecule has 232 valence electrons. The monoisotopic (exact) mass is 626 g/mol. The summed E-state index contributed by atoms with van der Waals surface area (Å²) in [5, 5.41) is 10.3. The summed E-state index contributed by atoms with van der Waals surface area (Å²) in [6.07, 6.45) is 6.98. The van der Waals surface area contributed by atoms with E-state index in [1.807, 2.05) is 0 Å². The maximum absolute atomic E-state index is 2.56. The second kappa shape index (κ2) is 9.61. The number of benzene rings is 7. The van der Waals surface area contributed by atoms with Crippen molar-refractivity contribution in [2.45, 2.75) is 32.1 Å². The maximum atomic E-state index is 2.56. The van der Waals surface area contributed by atoms with Gasteiger partial charge in [-0.3, -0.25) is 0 Å². The van der Waals surface area contributed by atoms with E-state index >= 15 is 0 Å². The van der Waals surface area contributed by atoms with Gasteiger partial charge in [0, 0.05) is 43.7 Å². The van der Waals surface area contributed by atoms with E-state index in [-0.39, 0.29) is 5.41 Å². The summed E-state index contributed by atoms with van der Waals surface area (Å²) < 4.78 is 5.02. The van der Waals surface area contributed by atoms with Crippen molar-refractivity contribution in [2.24, 2.45) is 0 Å². The Labute approximate surface area is 284 Å². The third kappa shape index (κ3) is 3.51. The predicted octanol–water partition coefficient (Wildman–Crippen LogP) is 12.6. The third-order valence-corrected chi connectivity index (χ3v) is 11.6. The van der Waals surface area contributed by atoms with Crippen molar-refractivity contribution in [1.29, 1.82) is 0 Å². The topological polar surface area (TPSA) is 9.86 Å². The van der Waals surface area contributed by atoms with Crippen molar-refractivity contribution >= 4 is 70.7 Å². The first-order valence-corrected chi connectivity index (χ1v) is 17.5. The number of hydrogen-bond donors (Lipinski definition) is 0. The van der Waals surface area contributed by atoms with Gasteiger partial charge in [0.2, 0.25) is 0 Å². The molecule has 0 spiro atoms. The normalized spacial score (nSPS) is 15.4. The number of para-hydroxylation sites is 1. The molecule has 2 aromatic heterocycles. The molecule has 9 aromatic rings. The van der Waals surface area contributed by atoms with Crippen LogP contribution in [0.15, 0.2) is 151 Å². The second-order valence-corrected chi connectivity index (χ2v) is 14.4. The van der Waals surface area contributed by atoms with Crippen molar-refractivity contribution in [2.75, 3.05) is 0 Å². The quantitative estimate of drug-likeness (QED) is 0.181. The molecule has 0 saturated heterocycles. The Balaban J connectivity index is 1.34. The highest BCUT2D eigenvalue weighted by Gasteiger charge is 2.37. The van der Waals surface area contributed by atoms with Gasteiger partial charge in [0.1, 0.15) is 0 Å². The first-order chi connectivity index (χ1) is 24.1. The van der Waals surface area contributed by atoms with Crippen LogP contribution < -0.4 is 0 Å². The van der Waals surface area contributed by atoms with Crippen molar-refractivity contribution in [1.82, 2.24) is 9.13 Å². The van der Waals surface area contributed by atoms with Crippen LogP contribution in [0.3, 0.4) is 0 Å². The molecule has 0 bridgehead atoms. The molecule has 7 aromatic carbocycles. The number of hydrogen-bond acceptors (Lipinski definition) is 0. The van der Waals surface area contributed by atoms with Crippen LogP contribution in [0.25, 0.3) is 82.1 Å². The van der Waals surface area contributed by atoms with Crippen LogP contribution in [0.5, 0.6) is 0 Å². The minimum Gasteiger partial charge on any atom is -0.309 e. The molecular formula is C47H34N2. The van der Waals surface area contributed by atoms with Crippen molar-refractivity contribution in [3.8, 4) is 11.4 Å². The Hall–Kier alpha value is -5.86. The summed E-state index contributed by atoms with van der Waals surface area (Å²) in [5.41, 5.74) is 13.2. The minimum atomic E-state index is 0.00154. The summed E-state index contributed by atoms with van der Waals surface area (Å²) in [6, 6.07) is 49.8. The first-order valence-electron chi connectivity index (χ1n) is 17.5. The zero-order chi connectivity index (χ0) is 32.4. The van der Waals surface area contributed by atoms with Crippen molar-refractivity contribution in [3.63, 3.8) is 0 Å². The third-order valence-electron chi connectivity index (χ3n) is 11.6. The highest BCUT2D eigenvalue weighted by molar-refractivity contribution is 6.34. The molecule has 0 N–H and O–H groups in total. The van der Waals surface area contributed by atoms with E-state index in [1.54, 1.807) is 5.57 Å². The lowest BCUT2D eigenvalue weighted by Crippen LogP contribution is -2.18. The standard InChI is InChI=1S/C47H34N2/c1-47(2)38-19-11-10-18-35(38)36-24-22-32(28-39(36)47)49-41-26-27-42-45(44(41)37-23-20-30-13-7-9-17-34(30)46(37)49)43-33-16-8-6-12-29(33)21-25-40(43)48(42)31-14-4-3-5-15-31/h3-10,12-18,20-28H,11,19H2,1-2H3. The van der Waals surface area contributed by atoms with Crippen LogP contribution in [-0.4, -0.2) is 9.13 Å². The maximum Gasteiger partial charge on any atom is 0.0619 e. The SMILES string of the molecule is CC1(C)C2=C(C=CCC2)c2ccc(-n3c4ccc5c(c6c7ccccc7ccc6n5-c5ccccc5)c4c4ccc5ccccc5c43)cc21. The Kier molecular flexibility index (Phi) is 5.32. The minimum absolute atomic E-state index is 0.00154. The fourth-order valence-corrected chi connectivity index (χ4v) is 9.41. The van der Waals surface area contributed by atoms with Gasteiger partial charge in [0.05, 0.1) is 22.1 Å². The molecule has 2 nitrogen and oxygen atoms in total. The highest BCUT2D eigenvalue weighted by Crippen LogP contribution is 2.51. The van der Waals surface area contributed by atoms with Gasteiger partial charge in [-0.05, 0) is 88.2 Å². The first kappa shape index (κ1) is 27.1. The molecule has 2 heterocycles. The van der Waals surface area contributed by atoms with Crippen LogP contribution >= 0.6 is 0 Å². The molecule has 49 heavy (non-hydrogen) atoms. The summed E-state index contributed by atoms with van der Waals surface area (Å²) >= 11 is 0. The van der Waals surface area contributed by atoms with E-state index in [0.29, 0.717) is 0 Å². The lowest BCUT2D eigenvalue weighted by atomic mass is 9.78. The molecule has 0 amide bonds. The summed E-state index contributed by atoms with van der Waals surface area (Å²) in [4.78, 5) is 0. The number of allylic oxidation sites excluding steroid dienone is 4. The lowest BCUT2D eigenvalue weighted by Gasteiger charge is -2.26. The molecule has 0 atom stereocenters. The van der Waals surface area contributed by atoms with Gasteiger partial charge in [0.25, 0.3) is 0 Å². The Bertz CT molecular complexity index is 2940. The van der Waals surface area contributed by atoms with Crippen LogP contribution in [0.2, 0.25) is 0 Å². The average Bonchev–Trinajstić information content (AvgIpc) is 3.75. The van der Waals surface area contributed by atoms with E-state index in [9.17, 15) is 0 Å². The Morgan fingerprint density at radius 2 is 1.18 bits per heavy atom. The molecule has 2 aliphatic carbocycles. The van der Waals surface area contributed by atoms with E-state index < -0.39 is 0 Å². The van der Waals surface area contributed by atoms with Crippen LogP contribution in [0.1, 0.15) is 37.8 Å². The number of rotatable bonds is 2. The number of nitrogens with zero attached hydrogens (tertiary/aromatic N) is 2. The largest absolute Gasteiger partial charge is 0.309 e. The molecular weight excluding hydrogens is 593 g/mol. The van der Waals surface area contributed by atoms with Crippen molar-refractivity contribution < 1.29 is 0 Å². The second-order valence-electron chi connectivity index (χ2n) is 14.4. The zero-order valence-electron chi connectivity index (χ0n) is 27.7. The van der Waals surface area contributed by atoms with Gasteiger partial charge in [-0.15, -0.1) is 0 Å². The van der Waals surface area contributed by atoms with Gasteiger partial charge in [-0.2, -0.15) is 0 Å². The fourth-order valence-electron chi connectivity index (χ4n) is 9.41. The number of aromatic nitrogens is 2. The van der Waals surface area contributed by atoms with Crippen LogP contribution in [0.4, 0.5) is 0 Å². The van der Waals surface area contributed by atoms with E-state index in [0.717, 1.165) is 12.8 Å². The Morgan fingerprint density at radius 3 is 2.02 bits per heavy atom. The van der Waals surface area contributed by atoms with E-state index in [1.165, 1.54) is 93.2 Å². The smallest absolute Gasteiger partial charge is 0.0619 e. The number of fused-ring (bicyclic) bond motifs is 13. The molecule has 0 aliphatic heterocycles. The molecule has 11 rings (SSSR count). The summed E-state index contributed by atoms with van der Waals surface area (Å²) in [5.74, 6) is 0. The van der Waals surface area contributed by atoms with Crippen LogP contribution in [0, 0.1) is 0 Å². The van der Waals surface area contributed by atoms with Gasteiger partial charge in [0.15, 0.2) is 0 Å². The van der Waals surface area contributed by atoms with Crippen molar-refractivity contribution in [3.05, 3.63) is 162 Å². The highest BCUT2D eigenvalue weighted by atomic mass is 15.0. The van der Waals surface area contributed by atoms with Gasteiger partial charge in [-0.1, -0.05) is 123 Å². The molecule has 0 saturated carbocycles. The van der Waals surface area contributed by atoms with E-state index in [2.05, 4.69) is 169 Å².